The molecule has 2 N–H and O–H groups in total. The van der Waals surface area contributed by atoms with E-state index in [1.54, 1.807) is 6.20 Å². The Morgan fingerprint density at radius 2 is 2.14 bits per heavy atom. The number of rotatable bonds is 5. The van der Waals surface area contributed by atoms with Gasteiger partial charge in [-0.3, -0.25) is 14.9 Å². The average Bonchev–Trinajstić information content (AvgIpc) is 2.54. The fourth-order valence-corrected chi connectivity index (χ4v) is 2.53. The average molecular weight is 287 g/mol. The van der Waals surface area contributed by atoms with Crippen LogP contribution in [-0.4, -0.2) is 32.5 Å². The van der Waals surface area contributed by atoms with Crippen LogP contribution in [0.3, 0.4) is 0 Å². The Bertz CT molecular complexity index is 522. The lowest BCUT2D eigenvalue weighted by molar-refractivity contribution is -0.121. The number of hydrogen-bond donors (Lipinski definition) is 2. The third-order valence-corrected chi connectivity index (χ3v) is 3.74. The highest BCUT2D eigenvalue weighted by Crippen LogP contribution is 2.28. The summed E-state index contributed by atoms with van der Waals surface area (Å²) in [4.78, 5) is 23.3. The molecule has 2 rings (SSSR count). The van der Waals surface area contributed by atoms with E-state index in [1.165, 1.54) is 11.6 Å². The first kappa shape index (κ1) is 15.3. The zero-order valence-corrected chi connectivity index (χ0v) is 12.2. The van der Waals surface area contributed by atoms with Crippen LogP contribution >= 0.6 is 0 Å². The molecule has 1 aromatic carbocycles. The van der Waals surface area contributed by atoms with Crippen LogP contribution in [0.1, 0.15) is 24.3 Å². The number of nitrogens with zero attached hydrogens (tertiary/aromatic N) is 1. The van der Waals surface area contributed by atoms with E-state index in [0.717, 1.165) is 31.6 Å². The third-order valence-electron chi connectivity index (χ3n) is 3.74. The maximum Gasteiger partial charge on any atom is 0.251 e. The number of benzene rings is 1. The molecule has 0 atom stereocenters. The number of imide groups is 1. The summed E-state index contributed by atoms with van der Waals surface area (Å²) in [5, 5.41) is 5.45. The molecule has 1 fully saturated rings. The smallest absolute Gasteiger partial charge is 0.251 e. The molecule has 1 aliphatic rings. The number of anilines is 1. The van der Waals surface area contributed by atoms with Crippen molar-refractivity contribution in [3.63, 3.8) is 0 Å². The van der Waals surface area contributed by atoms with Gasteiger partial charge in [-0.15, -0.1) is 0 Å². The Labute approximate surface area is 125 Å². The van der Waals surface area contributed by atoms with Crippen molar-refractivity contribution in [2.75, 3.05) is 25.0 Å². The molecule has 2 amide bonds. The standard InChI is InChI=1S/C16H21N3O2/c1-19(10-7-16(21)18-12-20)15-4-2-3-14(11-15)13-5-8-17-9-6-13/h2-4,7,10-13,17H,5-6,8-9H2,1H3,(H,18,20,21)/b10-7-. The molecular formula is C16H21N3O2. The Morgan fingerprint density at radius 1 is 1.38 bits per heavy atom. The molecule has 0 unspecified atom stereocenters. The van der Waals surface area contributed by atoms with Gasteiger partial charge in [0.15, 0.2) is 0 Å². The van der Waals surface area contributed by atoms with Gasteiger partial charge in [-0.05, 0) is 49.5 Å². The summed E-state index contributed by atoms with van der Waals surface area (Å²) in [5.74, 6) is 0.174. The minimum atomic E-state index is -0.425. The van der Waals surface area contributed by atoms with E-state index in [9.17, 15) is 9.59 Å². The van der Waals surface area contributed by atoms with Gasteiger partial charge in [0.25, 0.3) is 5.91 Å². The molecule has 0 aromatic heterocycles. The summed E-state index contributed by atoms with van der Waals surface area (Å²) in [7, 11) is 1.88. The predicted octanol–water partition coefficient (Wildman–Crippen LogP) is 1.38. The number of nitrogens with one attached hydrogen (secondary N) is 2. The maximum atomic E-state index is 11.2. The van der Waals surface area contributed by atoms with Crippen molar-refractivity contribution < 1.29 is 9.59 Å². The van der Waals surface area contributed by atoms with Gasteiger partial charge >= 0.3 is 0 Å². The maximum absolute atomic E-state index is 11.2. The zero-order valence-electron chi connectivity index (χ0n) is 12.2. The van der Waals surface area contributed by atoms with Gasteiger partial charge in [0.2, 0.25) is 6.41 Å². The van der Waals surface area contributed by atoms with E-state index in [4.69, 9.17) is 0 Å². The second-order valence-electron chi connectivity index (χ2n) is 5.17. The van der Waals surface area contributed by atoms with Crippen LogP contribution in [-0.2, 0) is 9.59 Å². The summed E-state index contributed by atoms with van der Waals surface area (Å²) in [6, 6.07) is 8.38. The van der Waals surface area contributed by atoms with Crippen LogP contribution in [0.15, 0.2) is 36.5 Å². The van der Waals surface area contributed by atoms with E-state index < -0.39 is 5.91 Å². The monoisotopic (exact) mass is 287 g/mol. The first-order chi connectivity index (χ1) is 10.2. The largest absolute Gasteiger partial charge is 0.351 e. The molecule has 21 heavy (non-hydrogen) atoms. The van der Waals surface area contributed by atoms with Crippen LogP contribution in [0, 0.1) is 0 Å². The molecule has 0 spiro atoms. The fourth-order valence-electron chi connectivity index (χ4n) is 2.53. The highest BCUT2D eigenvalue weighted by Gasteiger charge is 2.15. The van der Waals surface area contributed by atoms with Gasteiger partial charge in [-0.1, -0.05) is 12.1 Å². The highest BCUT2D eigenvalue weighted by atomic mass is 16.2. The molecule has 1 saturated heterocycles. The Hall–Kier alpha value is -2.14. The third kappa shape index (κ3) is 4.43. The molecular weight excluding hydrogens is 266 g/mol. The summed E-state index contributed by atoms with van der Waals surface area (Å²) in [6.07, 6.45) is 5.69. The first-order valence-electron chi connectivity index (χ1n) is 7.16. The number of carbonyl (C=O) groups is 2. The lowest BCUT2D eigenvalue weighted by atomic mass is 9.90. The fraction of sp³-hybridized carbons (Fsp3) is 0.375. The van der Waals surface area contributed by atoms with Crippen LogP contribution in [0.25, 0.3) is 0 Å². The van der Waals surface area contributed by atoms with Crippen molar-refractivity contribution in [3.05, 3.63) is 42.1 Å². The predicted molar refractivity (Wildman–Crippen MR) is 83.0 cm³/mol. The van der Waals surface area contributed by atoms with E-state index in [1.807, 2.05) is 24.1 Å². The molecule has 0 saturated carbocycles. The number of hydrogen-bond acceptors (Lipinski definition) is 4. The number of piperidine rings is 1. The van der Waals surface area contributed by atoms with Gasteiger partial charge < -0.3 is 10.2 Å². The quantitative estimate of drug-likeness (QED) is 0.634. The second kappa shape index (κ2) is 7.59. The van der Waals surface area contributed by atoms with Gasteiger partial charge in [0, 0.05) is 25.0 Å². The summed E-state index contributed by atoms with van der Waals surface area (Å²) in [5.41, 5.74) is 2.37. The van der Waals surface area contributed by atoms with Crippen LogP contribution in [0.4, 0.5) is 5.69 Å². The van der Waals surface area contributed by atoms with Crippen LogP contribution in [0.2, 0.25) is 0 Å². The summed E-state index contributed by atoms with van der Waals surface area (Å²) >= 11 is 0. The topological polar surface area (TPSA) is 61.4 Å². The minimum absolute atomic E-state index is 0.379. The lowest BCUT2D eigenvalue weighted by Gasteiger charge is -2.24. The SMILES string of the molecule is CN(/C=C\C(=O)NC=O)c1cccc(C2CCNCC2)c1. The van der Waals surface area contributed by atoms with Crippen molar-refractivity contribution in [3.8, 4) is 0 Å². The van der Waals surface area contributed by atoms with Crippen molar-refractivity contribution >= 4 is 18.0 Å². The number of amides is 2. The van der Waals surface area contributed by atoms with Gasteiger partial charge in [0.1, 0.15) is 0 Å². The summed E-state index contributed by atoms with van der Waals surface area (Å²) < 4.78 is 0. The zero-order chi connectivity index (χ0) is 15.1. The van der Waals surface area contributed by atoms with Gasteiger partial charge in [0.05, 0.1) is 0 Å². The van der Waals surface area contributed by atoms with Crippen molar-refractivity contribution in [2.24, 2.45) is 0 Å². The van der Waals surface area contributed by atoms with Gasteiger partial charge in [-0.2, -0.15) is 0 Å². The second-order valence-corrected chi connectivity index (χ2v) is 5.17. The van der Waals surface area contributed by atoms with E-state index in [2.05, 4.69) is 22.8 Å². The van der Waals surface area contributed by atoms with Crippen molar-refractivity contribution in [1.82, 2.24) is 10.6 Å². The Morgan fingerprint density at radius 3 is 2.86 bits per heavy atom. The Balaban J connectivity index is 2.05. The van der Waals surface area contributed by atoms with Crippen LogP contribution < -0.4 is 15.5 Å². The van der Waals surface area contributed by atoms with Crippen molar-refractivity contribution in [2.45, 2.75) is 18.8 Å². The van der Waals surface area contributed by atoms with E-state index in [-0.39, 0.29) is 0 Å². The molecule has 5 nitrogen and oxygen atoms in total. The molecule has 1 heterocycles. The molecule has 5 heteroatoms. The highest BCUT2D eigenvalue weighted by molar-refractivity contribution is 5.94. The molecule has 0 radical (unpaired) electrons. The van der Waals surface area contributed by atoms with E-state index in [0.29, 0.717) is 12.3 Å². The lowest BCUT2D eigenvalue weighted by Crippen LogP contribution is -2.26. The molecule has 0 bridgehead atoms. The Kier molecular flexibility index (Phi) is 5.51. The summed E-state index contributed by atoms with van der Waals surface area (Å²) in [6.45, 7) is 2.13. The first-order valence-corrected chi connectivity index (χ1v) is 7.16. The molecule has 1 aliphatic heterocycles. The minimum Gasteiger partial charge on any atom is -0.351 e. The van der Waals surface area contributed by atoms with Crippen LogP contribution in [0.5, 0.6) is 0 Å². The van der Waals surface area contributed by atoms with Gasteiger partial charge in [-0.25, -0.2) is 0 Å². The molecule has 112 valence electrons. The molecule has 1 aromatic rings. The normalized spacial score (nSPS) is 15.9. The molecule has 0 aliphatic carbocycles. The number of carbonyl (C=O) groups excluding carboxylic acids is 2. The van der Waals surface area contributed by atoms with E-state index >= 15 is 0 Å². The van der Waals surface area contributed by atoms with Crippen molar-refractivity contribution in [1.29, 1.82) is 0 Å².